The van der Waals surface area contributed by atoms with Crippen LogP contribution in [0.5, 0.6) is 0 Å². The van der Waals surface area contributed by atoms with Gasteiger partial charge in [-0.1, -0.05) is 231 Å². The van der Waals surface area contributed by atoms with Gasteiger partial charge in [-0.05, 0) is 183 Å². The van der Waals surface area contributed by atoms with Crippen molar-refractivity contribution in [2.75, 3.05) is 13.2 Å². The highest BCUT2D eigenvalue weighted by Crippen LogP contribution is 2.43. The van der Waals surface area contributed by atoms with Gasteiger partial charge in [-0.2, -0.15) is 9.97 Å². The van der Waals surface area contributed by atoms with E-state index in [1.54, 1.807) is 0 Å². The van der Waals surface area contributed by atoms with Gasteiger partial charge in [-0.15, -0.1) is 0 Å². The predicted octanol–water partition coefficient (Wildman–Crippen LogP) is 23.5. The molecule has 532 valence electrons. The summed E-state index contributed by atoms with van der Waals surface area (Å²) in [6, 6.07) is 99.6. The van der Waals surface area contributed by atoms with Crippen molar-refractivity contribution in [3.63, 3.8) is 0 Å². The second-order valence-electron chi connectivity index (χ2n) is 28.6. The van der Waals surface area contributed by atoms with Crippen molar-refractivity contribution in [3.8, 4) is 56.9 Å². The smallest absolute Gasteiger partial charge is 0.438 e. The molecule has 8 heterocycles. The van der Waals surface area contributed by atoms with Crippen molar-refractivity contribution >= 4 is 155 Å². The number of benzene rings is 14. The SMILES string of the molecule is C1CCOC1.CC1(C)OB(c2cccc3oc4nc5ccccc5cc4c23)OC1(C)C.Clc1nc(-c2ccc3ccccc3c2)nc(-c2cc3ccccc3c3ccccc23)n1.N.c1ccc2cc(-c3nc(-c4cc5ccccc5c5ccccc45)nc(-c4cccc5oc6nc7ccccc7cc6c45)n3)ccc2c1. The zero-order chi connectivity index (χ0) is 73.3. The Balaban J connectivity index is 0.000000117. The minimum atomic E-state index is -0.434. The largest absolute Gasteiger partial charge is 0.495 e. The molecular formula is C94H71BClN9O5. The molecule has 14 nitrogen and oxygen atoms in total. The molecule has 14 aromatic carbocycles. The van der Waals surface area contributed by atoms with Crippen molar-refractivity contribution < 1.29 is 22.9 Å². The average Bonchev–Trinajstić information content (AvgIpc) is 1.58. The summed E-state index contributed by atoms with van der Waals surface area (Å²) in [6.07, 6.45) is 2.56. The Hall–Kier alpha value is -12.7. The van der Waals surface area contributed by atoms with Gasteiger partial charge >= 0.3 is 7.12 Å². The monoisotopic (exact) mass is 1450 g/mol. The number of para-hydroxylation sites is 2. The van der Waals surface area contributed by atoms with E-state index in [0.29, 0.717) is 40.5 Å². The maximum Gasteiger partial charge on any atom is 0.495 e. The number of furan rings is 2. The molecule has 0 spiro atoms. The van der Waals surface area contributed by atoms with Crippen LogP contribution in [0.3, 0.4) is 0 Å². The van der Waals surface area contributed by atoms with Gasteiger partial charge in [0, 0.05) is 73.3 Å². The first-order valence-electron chi connectivity index (χ1n) is 36.7. The van der Waals surface area contributed by atoms with Gasteiger partial charge < -0.3 is 29.0 Å². The molecule has 3 N–H and O–H groups in total. The van der Waals surface area contributed by atoms with Crippen LogP contribution < -0.4 is 11.6 Å². The van der Waals surface area contributed by atoms with Crippen LogP contribution in [0, 0.1) is 0 Å². The number of nitrogens with zero attached hydrogens (tertiary/aromatic N) is 8. The van der Waals surface area contributed by atoms with Crippen LogP contribution in [0.2, 0.25) is 5.28 Å². The second-order valence-corrected chi connectivity index (χ2v) is 29.0. The van der Waals surface area contributed by atoms with Gasteiger partial charge in [0.25, 0.3) is 0 Å². The van der Waals surface area contributed by atoms with Crippen molar-refractivity contribution in [3.05, 3.63) is 296 Å². The summed E-state index contributed by atoms with van der Waals surface area (Å²) >= 11 is 6.38. The predicted molar refractivity (Wildman–Crippen MR) is 449 cm³/mol. The van der Waals surface area contributed by atoms with Gasteiger partial charge in [0.1, 0.15) is 11.2 Å². The molecule has 0 bridgehead atoms. The van der Waals surface area contributed by atoms with Gasteiger partial charge in [0.05, 0.1) is 22.2 Å². The lowest BCUT2D eigenvalue weighted by Crippen LogP contribution is -2.41. The summed E-state index contributed by atoms with van der Waals surface area (Å²) in [5.41, 5.74) is 9.42. The van der Waals surface area contributed by atoms with E-state index in [1.165, 1.54) is 39.8 Å². The fourth-order valence-corrected chi connectivity index (χ4v) is 15.2. The van der Waals surface area contributed by atoms with Gasteiger partial charge in [-0.3, -0.25) is 0 Å². The minimum Gasteiger partial charge on any atom is -0.438 e. The van der Waals surface area contributed by atoms with Crippen molar-refractivity contribution in [2.45, 2.75) is 51.7 Å². The zero-order valence-corrected chi connectivity index (χ0v) is 61.6. The average molecular weight is 1450 g/mol. The van der Waals surface area contributed by atoms with Crippen molar-refractivity contribution in [2.24, 2.45) is 0 Å². The number of hydrogen-bond acceptors (Lipinski definition) is 14. The van der Waals surface area contributed by atoms with Crippen LogP contribution in [0.15, 0.2) is 300 Å². The first-order chi connectivity index (χ1) is 53.4. The molecule has 0 aliphatic carbocycles. The number of fused-ring (bicyclic) bond motifs is 16. The Morgan fingerprint density at radius 1 is 0.309 bits per heavy atom. The molecule has 110 heavy (non-hydrogen) atoms. The first-order valence-corrected chi connectivity index (χ1v) is 37.1. The Bertz CT molecular complexity index is 6980. The van der Waals surface area contributed by atoms with E-state index >= 15 is 0 Å². The maximum absolute atomic E-state index is 6.38. The zero-order valence-electron chi connectivity index (χ0n) is 60.8. The van der Waals surface area contributed by atoms with E-state index in [1.807, 2.05) is 91.0 Å². The standard InChI is InChI=1S/C42H24N4O.C27H16ClN3.C21H20BNO3.C4H8O.H3N/c1-2-11-26-22-29(21-20-25(26)10-1)39-44-40(33-17-9-19-37-38(33)35-24-28-13-4-8-18-36(28)43-42(35)47-37)46-41(45-39)34-23-27-12-3-5-14-30(27)31-15-6-7-16-32(31)34;28-27-30-25(20-14-13-17-7-1-2-8-18(17)15-20)29-26(31-27)24-16-19-9-3-4-10-21(19)22-11-5-6-12-23(22)24;1-20(2)21(3,4)26-22(25-20)15-9-7-11-17-18(15)14-12-13-8-5-6-10-16(13)23-19(14)24-17;1-2-4-5-3-1;/h1-24H;1-16H;5-12H,1-4H3;1-4H2;1H3. The van der Waals surface area contributed by atoms with E-state index in [-0.39, 0.29) is 22.6 Å². The van der Waals surface area contributed by atoms with Crippen LogP contribution in [-0.4, -0.2) is 71.4 Å². The van der Waals surface area contributed by atoms with Crippen LogP contribution in [0.25, 0.3) is 188 Å². The molecule has 0 unspecified atom stereocenters. The number of hydrogen-bond donors (Lipinski definition) is 1. The molecule has 6 aromatic heterocycles. The second kappa shape index (κ2) is 28.4. The maximum atomic E-state index is 6.38. The van der Waals surface area contributed by atoms with Crippen LogP contribution in [0.1, 0.15) is 40.5 Å². The summed E-state index contributed by atoms with van der Waals surface area (Å²) in [7, 11) is -0.434. The molecule has 2 aliphatic rings. The third-order valence-corrected chi connectivity index (χ3v) is 21.4. The number of aromatic nitrogens is 8. The van der Waals surface area contributed by atoms with E-state index in [0.717, 1.165) is 139 Å². The van der Waals surface area contributed by atoms with Crippen molar-refractivity contribution in [1.29, 1.82) is 0 Å². The normalized spacial score (nSPS) is 13.8. The molecule has 0 amide bonds. The Kier molecular flexibility index (Phi) is 17.9. The van der Waals surface area contributed by atoms with Gasteiger partial charge in [0.15, 0.2) is 29.1 Å². The van der Waals surface area contributed by atoms with Crippen LogP contribution in [0.4, 0.5) is 0 Å². The summed E-state index contributed by atoms with van der Waals surface area (Å²) in [5, 5.41) is 20.0. The van der Waals surface area contributed by atoms with Crippen LogP contribution in [-0.2, 0) is 14.0 Å². The number of halogens is 1. The van der Waals surface area contributed by atoms with Gasteiger partial charge in [0.2, 0.25) is 16.7 Å². The lowest BCUT2D eigenvalue weighted by Gasteiger charge is -2.32. The lowest BCUT2D eigenvalue weighted by molar-refractivity contribution is 0.00578. The topological polar surface area (TPSA) is 192 Å². The highest BCUT2D eigenvalue weighted by atomic mass is 35.5. The molecule has 20 aromatic rings. The fourth-order valence-electron chi connectivity index (χ4n) is 15.1. The van der Waals surface area contributed by atoms with E-state index < -0.39 is 7.12 Å². The summed E-state index contributed by atoms with van der Waals surface area (Å²) in [5.74, 6) is 2.95. The molecule has 22 rings (SSSR count). The number of ether oxygens (including phenoxy) is 1. The van der Waals surface area contributed by atoms with E-state index in [2.05, 4.69) is 238 Å². The van der Waals surface area contributed by atoms with Crippen LogP contribution >= 0.6 is 11.6 Å². The highest BCUT2D eigenvalue weighted by Gasteiger charge is 2.52. The Morgan fingerprint density at radius 3 is 1.21 bits per heavy atom. The molecule has 0 radical (unpaired) electrons. The van der Waals surface area contributed by atoms with Gasteiger partial charge in [-0.25, -0.2) is 29.9 Å². The minimum absolute atomic E-state index is 0. The first kappa shape index (κ1) is 69.0. The summed E-state index contributed by atoms with van der Waals surface area (Å²) in [6.45, 7) is 10.3. The molecule has 0 saturated carbocycles. The lowest BCUT2D eigenvalue weighted by atomic mass is 9.76. The molecule has 2 fully saturated rings. The summed E-state index contributed by atoms with van der Waals surface area (Å²) < 4.78 is 29.9. The number of rotatable bonds is 6. The molecule has 2 saturated heterocycles. The third kappa shape index (κ3) is 12.8. The third-order valence-electron chi connectivity index (χ3n) is 21.3. The quantitative estimate of drug-likeness (QED) is 0.122. The summed E-state index contributed by atoms with van der Waals surface area (Å²) in [4.78, 5) is 38.9. The molecule has 0 atom stereocenters. The van der Waals surface area contributed by atoms with E-state index in [4.69, 9.17) is 64.4 Å². The molecule has 2 aliphatic heterocycles. The molecule has 16 heteroatoms. The number of pyridine rings is 2. The molecular weight excluding hydrogens is 1380 g/mol. The Labute approximate surface area is 638 Å². The highest BCUT2D eigenvalue weighted by molar-refractivity contribution is 6.66. The van der Waals surface area contributed by atoms with E-state index in [9.17, 15) is 0 Å². The fraction of sp³-hybridized carbons (Fsp3) is 0.106. The van der Waals surface area contributed by atoms with Crippen molar-refractivity contribution in [1.82, 2.24) is 46.0 Å². The Morgan fingerprint density at radius 2 is 0.700 bits per heavy atom.